The highest BCUT2D eigenvalue weighted by Gasteiger charge is 2.15. The molecule has 2 aromatic rings. The highest BCUT2D eigenvalue weighted by Crippen LogP contribution is 2.29. The van der Waals surface area contributed by atoms with Gasteiger partial charge in [-0.3, -0.25) is 9.59 Å². The second kappa shape index (κ2) is 10.3. The molecule has 1 aromatic carbocycles. The molecule has 0 saturated heterocycles. The number of rotatable bonds is 8. The van der Waals surface area contributed by atoms with E-state index in [2.05, 4.69) is 20.7 Å². The van der Waals surface area contributed by atoms with Gasteiger partial charge in [-0.25, -0.2) is 0 Å². The molecular weight excluding hydrogens is 418 g/mol. The number of methoxy groups -OCH3 is 2. The van der Waals surface area contributed by atoms with E-state index in [1.54, 1.807) is 24.5 Å². The summed E-state index contributed by atoms with van der Waals surface area (Å²) in [5, 5.41) is 0. The number of nitrogens with zero attached hydrogens (tertiary/aromatic N) is 1. The van der Waals surface area contributed by atoms with Gasteiger partial charge in [0.2, 0.25) is 5.91 Å². The first-order valence-corrected chi connectivity index (χ1v) is 9.53. The molecule has 138 valence electrons. The monoisotopic (exact) mass is 437 g/mol. The van der Waals surface area contributed by atoms with Gasteiger partial charge >= 0.3 is 5.97 Å². The van der Waals surface area contributed by atoms with Gasteiger partial charge in [-0.2, -0.15) is 0 Å². The maximum atomic E-state index is 12.4. The molecule has 5 nitrogen and oxygen atoms in total. The summed E-state index contributed by atoms with van der Waals surface area (Å²) in [6.07, 6.45) is 3.22. The average molecular weight is 438 g/mol. The van der Waals surface area contributed by atoms with Crippen molar-refractivity contribution in [2.75, 3.05) is 33.9 Å². The highest BCUT2D eigenvalue weighted by molar-refractivity contribution is 9.10. The summed E-state index contributed by atoms with van der Waals surface area (Å²) in [6, 6.07) is 12.1. The number of ether oxygens (including phenoxy) is 2. The van der Waals surface area contributed by atoms with E-state index in [-0.39, 0.29) is 12.5 Å². The molecule has 0 bridgehead atoms. The smallest absolute Gasteiger partial charge is 0.325 e. The Morgan fingerprint density at radius 2 is 1.88 bits per heavy atom. The first kappa shape index (κ1) is 20.4. The fourth-order valence-electron chi connectivity index (χ4n) is 2.16. The summed E-state index contributed by atoms with van der Waals surface area (Å²) in [5.41, 5.74) is 1.12. The minimum absolute atomic E-state index is 0.0996. The van der Waals surface area contributed by atoms with Crippen LogP contribution in [0.1, 0.15) is 4.88 Å². The third kappa shape index (κ3) is 6.09. The van der Waals surface area contributed by atoms with E-state index >= 15 is 0 Å². The van der Waals surface area contributed by atoms with Gasteiger partial charge in [-0.15, -0.1) is 11.3 Å². The van der Waals surface area contributed by atoms with Gasteiger partial charge in [0, 0.05) is 34.0 Å². The van der Waals surface area contributed by atoms with E-state index in [9.17, 15) is 9.59 Å². The fraction of sp³-hybridized carbons (Fsp3) is 0.263. The maximum Gasteiger partial charge on any atom is 0.325 e. The number of carbonyl (C=O) groups excluding carboxylic acids is 2. The summed E-state index contributed by atoms with van der Waals surface area (Å²) in [6.45, 7) is 0.574. The minimum atomic E-state index is -0.462. The Morgan fingerprint density at radius 3 is 2.54 bits per heavy atom. The number of hydrogen-bond donors (Lipinski definition) is 0. The Balaban J connectivity index is 2.05. The summed E-state index contributed by atoms with van der Waals surface area (Å²) in [5.74, 6) is -0.720. The highest BCUT2D eigenvalue weighted by atomic mass is 79.9. The molecule has 0 N–H and O–H groups in total. The zero-order valence-electron chi connectivity index (χ0n) is 14.6. The summed E-state index contributed by atoms with van der Waals surface area (Å²) in [7, 11) is 2.85. The van der Waals surface area contributed by atoms with Crippen molar-refractivity contribution in [2.24, 2.45) is 0 Å². The van der Waals surface area contributed by atoms with E-state index in [4.69, 9.17) is 4.74 Å². The molecule has 0 aliphatic heterocycles. The molecule has 2 rings (SSSR count). The third-order valence-electron chi connectivity index (χ3n) is 3.57. The quantitative estimate of drug-likeness (QED) is 0.464. The van der Waals surface area contributed by atoms with Crippen molar-refractivity contribution in [3.63, 3.8) is 0 Å². The Bertz CT molecular complexity index is 770. The summed E-state index contributed by atoms with van der Waals surface area (Å²) in [4.78, 5) is 27.3. The molecular formula is C19H20BrNO4S. The van der Waals surface area contributed by atoms with Crippen molar-refractivity contribution in [1.29, 1.82) is 0 Å². The molecule has 1 heterocycles. The largest absolute Gasteiger partial charge is 0.468 e. The molecule has 26 heavy (non-hydrogen) atoms. The number of carbonyl (C=O) groups is 2. The van der Waals surface area contributed by atoms with Gasteiger partial charge in [-0.05, 0) is 35.9 Å². The Kier molecular flexibility index (Phi) is 8.03. The predicted octanol–water partition coefficient (Wildman–Crippen LogP) is 3.84. The normalized spacial score (nSPS) is 10.9. The van der Waals surface area contributed by atoms with Crippen molar-refractivity contribution in [1.82, 2.24) is 4.90 Å². The van der Waals surface area contributed by atoms with Crippen LogP contribution in [0.5, 0.6) is 0 Å². The zero-order chi connectivity index (χ0) is 18.9. The van der Waals surface area contributed by atoms with Crippen molar-refractivity contribution in [3.05, 3.63) is 51.8 Å². The molecule has 7 heteroatoms. The van der Waals surface area contributed by atoms with Gasteiger partial charge in [0.05, 0.1) is 13.7 Å². The number of thiophene rings is 1. The van der Waals surface area contributed by atoms with Crippen molar-refractivity contribution in [3.8, 4) is 10.4 Å². The Hall–Kier alpha value is -1.96. The second-order valence-electron chi connectivity index (χ2n) is 5.37. The molecule has 0 aliphatic carbocycles. The van der Waals surface area contributed by atoms with Crippen LogP contribution in [-0.2, 0) is 19.1 Å². The SMILES string of the molecule is COCCN(CC(=O)OC)C(=O)C=Cc1ccc(-c2ccc(Br)cc2)s1. The van der Waals surface area contributed by atoms with Gasteiger partial charge in [-0.1, -0.05) is 28.1 Å². The van der Waals surface area contributed by atoms with Crippen molar-refractivity contribution in [2.45, 2.75) is 0 Å². The van der Waals surface area contributed by atoms with E-state index < -0.39 is 5.97 Å². The standard InChI is InChI=1S/C19H20BrNO4S/c1-24-12-11-21(13-19(23)25-2)18(22)10-8-16-7-9-17(26-16)14-3-5-15(20)6-4-14/h3-10H,11-13H2,1-2H3. The fourth-order valence-corrected chi connectivity index (χ4v) is 3.34. The lowest BCUT2D eigenvalue weighted by Crippen LogP contribution is -2.37. The van der Waals surface area contributed by atoms with Crippen LogP contribution >= 0.6 is 27.3 Å². The lowest BCUT2D eigenvalue weighted by molar-refractivity contribution is -0.145. The number of benzene rings is 1. The Labute approximate surface area is 165 Å². The zero-order valence-corrected chi connectivity index (χ0v) is 17.0. The number of hydrogen-bond acceptors (Lipinski definition) is 5. The van der Waals surface area contributed by atoms with E-state index in [1.807, 2.05) is 36.4 Å². The van der Waals surface area contributed by atoms with Crippen LogP contribution < -0.4 is 0 Å². The molecule has 0 atom stereocenters. The van der Waals surface area contributed by atoms with Gasteiger partial charge < -0.3 is 14.4 Å². The first-order valence-electron chi connectivity index (χ1n) is 7.92. The molecule has 0 spiro atoms. The van der Waals surface area contributed by atoms with Crippen molar-refractivity contribution < 1.29 is 19.1 Å². The summed E-state index contributed by atoms with van der Waals surface area (Å²) >= 11 is 5.02. The van der Waals surface area contributed by atoms with Crippen LogP contribution in [0.25, 0.3) is 16.5 Å². The molecule has 0 radical (unpaired) electrons. The van der Waals surface area contributed by atoms with Crippen molar-refractivity contribution >= 4 is 45.2 Å². The van der Waals surface area contributed by atoms with E-state index in [0.29, 0.717) is 13.2 Å². The molecule has 0 saturated carbocycles. The molecule has 0 fully saturated rings. The number of amides is 1. The van der Waals surface area contributed by atoms with Crippen LogP contribution in [0.15, 0.2) is 46.9 Å². The maximum absolute atomic E-state index is 12.4. The molecule has 1 amide bonds. The average Bonchev–Trinajstić information content (AvgIpc) is 3.12. The van der Waals surface area contributed by atoms with Crippen LogP contribution in [0.3, 0.4) is 0 Å². The van der Waals surface area contributed by atoms with Gasteiger partial charge in [0.1, 0.15) is 6.54 Å². The first-order chi connectivity index (χ1) is 12.5. The summed E-state index contributed by atoms with van der Waals surface area (Å²) < 4.78 is 10.7. The molecule has 1 aromatic heterocycles. The van der Waals surface area contributed by atoms with Crippen LogP contribution in [-0.4, -0.2) is 50.7 Å². The van der Waals surface area contributed by atoms with E-state index in [0.717, 1.165) is 19.8 Å². The number of halogens is 1. The molecule has 0 aliphatic rings. The third-order valence-corrected chi connectivity index (χ3v) is 5.20. The predicted molar refractivity (Wildman–Crippen MR) is 107 cm³/mol. The van der Waals surface area contributed by atoms with Crippen LogP contribution in [0.4, 0.5) is 0 Å². The van der Waals surface area contributed by atoms with Crippen LogP contribution in [0.2, 0.25) is 0 Å². The lowest BCUT2D eigenvalue weighted by Gasteiger charge is -2.19. The second-order valence-corrected chi connectivity index (χ2v) is 7.40. The number of esters is 1. The topological polar surface area (TPSA) is 55.8 Å². The van der Waals surface area contributed by atoms with Crippen LogP contribution in [0, 0.1) is 0 Å². The lowest BCUT2D eigenvalue weighted by atomic mass is 10.2. The minimum Gasteiger partial charge on any atom is -0.468 e. The van der Waals surface area contributed by atoms with Gasteiger partial charge in [0.15, 0.2) is 0 Å². The van der Waals surface area contributed by atoms with E-state index in [1.165, 1.54) is 18.1 Å². The molecule has 0 unspecified atom stereocenters. The Morgan fingerprint density at radius 1 is 1.15 bits per heavy atom. The van der Waals surface area contributed by atoms with Gasteiger partial charge in [0.25, 0.3) is 0 Å².